The van der Waals surface area contributed by atoms with E-state index in [1.54, 1.807) is 0 Å². The van der Waals surface area contributed by atoms with Crippen molar-refractivity contribution in [3.05, 3.63) is 0 Å². The van der Waals surface area contributed by atoms with E-state index in [2.05, 4.69) is 10.1 Å². The Balaban J connectivity index is 3.38. The molecule has 0 rings (SSSR count). The molecule has 0 saturated carbocycles. The van der Waals surface area contributed by atoms with Gasteiger partial charge in [0.25, 0.3) is 0 Å². The summed E-state index contributed by atoms with van der Waals surface area (Å²) in [5.74, 6) is 0. The van der Waals surface area contributed by atoms with Gasteiger partial charge in [-0.1, -0.05) is 0 Å². The molecule has 7 heteroatoms. The van der Waals surface area contributed by atoms with Crippen LogP contribution < -0.4 is 5.32 Å². The minimum Gasteiger partial charge on any atom is -0.389 e. The molecule has 0 heterocycles. The summed E-state index contributed by atoms with van der Waals surface area (Å²) < 4.78 is 44.8. The van der Waals surface area contributed by atoms with Gasteiger partial charge in [0, 0.05) is 13.1 Å². The molecule has 4 nitrogen and oxygen atoms in total. The van der Waals surface area contributed by atoms with E-state index in [1.807, 2.05) is 20.8 Å². The van der Waals surface area contributed by atoms with Gasteiger partial charge in [-0.25, -0.2) is 0 Å². The van der Waals surface area contributed by atoms with Crippen molar-refractivity contribution in [2.75, 3.05) is 32.9 Å². The third-order valence-electron chi connectivity index (χ3n) is 1.78. The Morgan fingerprint density at radius 1 is 1.22 bits per heavy atom. The largest absolute Gasteiger partial charge is 0.411 e. The van der Waals surface area contributed by atoms with Crippen molar-refractivity contribution in [3.8, 4) is 0 Å². The topological polar surface area (TPSA) is 50.7 Å². The van der Waals surface area contributed by atoms with Crippen molar-refractivity contribution >= 4 is 0 Å². The van der Waals surface area contributed by atoms with Crippen LogP contribution in [0.1, 0.15) is 20.8 Å². The van der Waals surface area contributed by atoms with E-state index in [4.69, 9.17) is 4.74 Å². The molecule has 0 radical (unpaired) electrons. The van der Waals surface area contributed by atoms with Crippen LogP contribution in [0.15, 0.2) is 0 Å². The van der Waals surface area contributed by atoms with Crippen LogP contribution in [-0.4, -0.2) is 55.9 Å². The highest BCUT2D eigenvalue weighted by Crippen LogP contribution is 2.13. The minimum absolute atomic E-state index is 0.0492. The maximum absolute atomic E-state index is 11.7. The zero-order chi connectivity index (χ0) is 14.2. The molecule has 0 fully saturated rings. The molecule has 0 aromatic heterocycles. The first-order valence-electron chi connectivity index (χ1n) is 5.77. The monoisotopic (exact) mass is 273 g/mol. The lowest BCUT2D eigenvalue weighted by molar-refractivity contribution is -0.173. The molecule has 1 atom stereocenters. The van der Waals surface area contributed by atoms with E-state index in [9.17, 15) is 18.3 Å². The summed E-state index contributed by atoms with van der Waals surface area (Å²) in [5.41, 5.74) is -0.323. The third-order valence-corrected chi connectivity index (χ3v) is 1.78. The van der Waals surface area contributed by atoms with Crippen molar-refractivity contribution < 1.29 is 27.8 Å². The average Bonchev–Trinajstić information content (AvgIpc) is 2.17. The number of aliphatic hydroxyl groups is 1. The quantitative estimate of drug-likeness (QED) is 0.655. The predicted octanol–water partition coefficient (Wildman–Crippen LogP) is 1.33. The summed E-state index contributed by atoms with van der Waals surface area (Å²) >= 11 is 0. The highest BCUT2D eigenvalue weighted by atomic mass is 19.4. The van der Waals surface area contributed by atoms with E-state index in [-0.39, 0.29) is 31.9 Å². The van der Waals surface area contributed by atoms with E-state index in [0.29, 0.717) is 0 Å². The molecule has 0 aliphatic carbocycles. The summed E-state index contributed by atoms with van der Waals surface area (Å²) in [5, 5.41) is 12.3. The molecule has 18 heavy (non-hydrogen) atoms. The maximum Gasteiger partial charge on any atom is 0.411 e. The molecule has 2 N–H and O–H groups in total. The zero-order valence-corrected chi connectivity index (χ0v) is 11.0. The fraction of sp³-hybridized carbons (Fsp3) is 1.00. The summed E-state index contributed by atoms with van der Waals surface area (Å²) in [6.45, 7) is 5.01. The molecule has 0 spiro atoms. The van der Waals surface area contributed by atoms with Crippen LogP contribution in [0.5, 0.6) is 0 Å². The molecule has 0 amide bonds. The maximum atomic E-state index is 11.7. The molecule has 110 valence electrons. The first-order valence-corrected chi connectivity index (χ1v) is 5.77. The average molecular weight is 273 g/mol. The highest BCUT2D eigenvalue weighted by Gasteiger charge is 2.27. The number of alkyl halides is 3. The van der Waals surface area contributed by atoms with Crippen LogP contribution >= 0.6 is 0 Å². The first kappa shape index (κ1) is 17.6. The van der Waals surface area contributed by atoms with Gasteiger partial charge in [0.1, 0.15) is 6.61 Å². The highest BCUT2D eigenvalue weighted by molar-refractivity contribution is 4.64. The third kappa shape index (κ3) is 13.7. The Morgan fingerprint density at radius 3 is 2.33 bits per heavy atom. The van der Waals surface area contributed by atoms with Crippen LogP contribution in [0.25, 0.3) is 0 Å². The fourth-order valence-electron chi connectivity index (χ4n) is 1.01. The van der Waals surface area contributed by atoms with Crippen molar-refractivity contribution in [3.63, 3.8) is 0 Å². The van der Waals surface area contributed by atoms with Gasteiger partial charge >= 0.3 is 6.18 Å². The lowest BCUT2D eigenvalue weighted by atomic mass is 10.2. The minimum atomic E-state index is -4.29. The number of halogens is 3. The SMILES string of the molecule is CC(C)(C)OCC(O)CNCCOCC(F)(F)F. The molecular weight excluding hydrogens is 251 g/mol. The van der Waals surface area contributed by atoms with Gasteiger partial charge < -0.3 is 19.9 Å². The predicted molar refractivity (Wildman–Crippen MR) is 61.5 cm³/mol. The summed E-state index contributed by atoms with van der Waals surface area (Å²) in [4.78, 5) is 0. The number of hydrogen-bond acceptors (Lipinski definition) is 4. The summed E-state index contributed by atoms with van der Waals surface area (Å²) in [6.07, 6.45) is -4.98. The number of hydrogen-bond donors (Lipinski definition) is 2. The van der Waals surface area contributed by atoms with Crippen LogP contribution in [-0.2, 0) is 9.47 Å². The van der Waals surface area contributed by atoms with Gasteiger partial charge in [-0.15, -0.1) is 0 Å². The van der Waals surface area contributed by atoms with Gasteiger partial charge in [-0.05, 0) is 20.8 Å². The Labute approximate surface area is 105 Å². The van der Waals surface area contributed by atoms with Gasteiger partial charge in [-0.2, -0.15) is 13.2 Å². The molecule has 0 aliphatic heterocycles. The van der Waals surface area contributed by atoms with Gasteiger partial charge in [0.15, 0.2) is 0 Å². The van der Waals surface area contributed by atoms with Crippen molar-refractivity contribution in [2.24, 2.45) is 0 Å². The van der Waals surface area contributed by atoms with Gasteiger partial charge in [-0.3, -0.25) is 0 Å². The van der Waals surface area contributed by atoms with E-state index < -0.39 is 18.9 Å². The van der Waals surface area contributed by atoms with E-state index >= 15 is 0 Å². The Morgan fingerprint density at radius 2 is 1.83 bits per heavy atom. The van der Waals surface area contributed by atoms with E-state index in [1.165, 1.54) is 0 Å². The van der Waals surface area contributed by atoms with Crippen LogP contribution in [0.3, 0.4) is 0 Å². The molecular formula is C11H22F3NO3. The number of ether oxygens (including phenoxy) is 2. The second kappa shape index (κ2) is 7.93. The lowest BCUT2D eigenvalue weighted by Crippen LogP contribution is -2.35. The summed E-state index contributed by atoms with van der Waals surface area (Å²) in [6, 6.07) is 0. The Bertz CT molecular complexity index is 217. The molecule has 0 saturated heterocycles. The Kier molecular flexibility index (Phi) is 7.77. The molecule has 0 aliphatic rings. The lowest BCUT2D eigenvalue weighted by Gasteiger charge is -2.22. The molecule has 0 aromatic rings. The number of rotatable bonds is 8. The number of aliphatic hydroxyl groups excluding tert-OH is 1. The van der Waals surface area contributed by atoms with Crippen molar-refractivity contribution in [2.45, 2.75) is 38.7 Å². The van der Waals surface area contributed by atoms with E-state index in [0.717, 1.165) is 0 Å². The molecule has 0 aromatic carbocycles. The van der Waals surface area contributed by atoms with Crippen LogP contribution in [0, 0.1) is 0 Å². The summed E-state index contributed by atoms with van der Waals surface area (Å²) in [7, 11) is 0. The second-order valence-electron chi connectivity index (χ2n) is 4.95. The first-order chi connectivity index (χ1) is 8.10. The van der Waals surface area contributed by atoms with Crippen molar-refractivity contribution in [1.82, 2.24) is 5.32 Å². The standard InChI is InChI=1S/C11H22F3NO3/c1-10(2,3)18-7-9(16)6-15-4-5-17-8-11(12,13)14/h9,15-16H,4-8H2,1-3H3. The van der Waals surface area contributed by atoms with Gasteiger partial charge in [0.05, 0.1) is 24.9 Å². The normalized spacial score (nSPS) is 14.8. The number of nitrogens with one attached hydrogen (secondary N) is 1. The van der Waals surface area contributed by atoms with Gasteiger partial charge in [0.2, 0.25) is 0 Å². The molecule has 1 unspecified atom stereocenters. The molecule has 0 bridgehead atoms. The smallest absolute Gasteiger partial charge is 0.389 e. The second-order valence-corrected chi connectivity index (χ2v) is 4.95. The Hall–Kier alpha value is -0.370. The zero-order valence-electron chi connectivity index (χ0n) is 11.0. The fourth-order valence-corrected chi connectivity index (χ4v) is 1.01. The van der Waals surface area contributed by atoms with Crippen molar-refractivity contribution in [1.29, 1.82) is 0 Å². The van der Waals surface area contributed by atoms with Crippen LogP contribution in [0.2, 0.25) is 0 Å². The van der Waals surface area contributed by atoms with Crippen LogP contribution in [0.4, 0.5) is 13.2 Å².